The lowest BCUT2D eigenvalue weighted by Crippen LogP contribution is -2.01. The summed E-state index contributed by atoms with van der Waals surface area (Å²) in [5.41, 5.74) is 0.593. The van der Waals surface area contributed by atoms with Crippen molar-refractivity contribution in [3.8, 4) is 0 Å². The van der Waals surface area contributed by atoms with Crippen LogP contribution in [0.4, 0.5) is 0 Å². The number of carbonyl (C=O) groups is 1. The van der Waals surface area contributed by atoms with Gasteiger partial charge >= 0.3 is 5.97 Å². The highest BCUT2D eigenvalue weighted by Gasteiger charge is 1.98. The van der Waals surface area contributed by atoms with Crippen LogP contribution in [0.25, 0.3) is 0 Å². The van der Waals surface area contributed by atoms with Gasteiger partial charge in [0.25, 0.3) is 0 Å². The van der Waals surface area contributed by atoms with Crippen LogP contribution in [-0.2, 0) is 11.2 Å². The summed E-state index contributed by atoms with van der Waals surface area (Å²) in [6.45, 7) is 2.40. The fraction of sp³-hybridized carbons (Fsp3) is 0.455. The molecule has 0 saturated heterocycles. The molecule has 0 aliphatic rings. The molecule has 15 heavy (non-hydrogen) atoms. The predicted molar refractivity (Wildman–Crippen MR) is 57.6 cm³/mol. The first-order chi connectivity index (χ1) is 7.20. The first-order valence-corrected chi connectivity index (χ1v) is 4.93. The molecule has 0 spiro atoms. The molecule has 0 atom stereocenters. The highest BCUT2D eigenvalue weighted by molar-refractivity contribution is 5.69. The molecule has 1 heterocycles. The Labute approximate surface area is 89.6 Å². The van der Waals surface area contributed by atoms with Gasteiger partial charge in [-0.1, -0.05) is 19.4 Å². The van der Waals surface area contributed by atoms with Gasteiger partial charge in [-0.3, -0.25) is 9.78 Å². The number of carboxylic acids is 1. The highest BCUT2D eigenvalue weighted by atomic mass is 16.4. The molecule has 1 rings (SSSR count). The van der Waals surface area contributed by atoms with E-state index in [9.17, 15) is 4.79 Å². The SMILES string of the molecule is CCCCO.O=C(O)Cc1ccccn1. The lowest BCUT2D eigenvalue weighted by atomic mass is 10.3. The molecule has 0 bridgehead atoms. The summed E-state index contributed by atoms with van der Waals surface area (Å²) in [4.78, 5) is 14.0. The maximum Gasteiger partial charge on any atom is 0.309 e. The van der Waals surface area contributed by atoms with Crippen molar-refractivity contribution in [2.45, 2.75) is 26.2 Å². The van der Waals surface area contributed by atoms with Crippen molar-refractivity contribution in [1.82, 2.24) is 4.98 Å². The van der Waals surface area contributed by atoms with Gasteiger partial charge in [-0.05, 0) is 18.6 Å². The third-order valence-electron chi connectivity index (χ3n) is 1.57. The summed E-state index contributed by atoms with van der Waals surface area (Å²) in [5.74, 6) is -0.848. The standard InChI is InChI=1S/C7H7NO2.C4H10O/c9-7(10)5-6-3-1-2-4-8-6;1-2-3-4-5/h1-4H,5H2,(H,9,10);5H,2-4H2,1H3. The maximum atomic E-state index is 10.1. The molecule has 0 radical (unpaired) electrons. The summed E-state index contributed by atoms with van der Waals surface area (Å²) < 4.78 is 0. The van der Waals surface area contributed by atoms with Crippen LogP contribution in [0, 0.1) is 0 Å². The van der Waals surface area contributed by atoms with E-state index in [0.717, 1.165) is 12.8 Å². The zero-order chi connectivity index (χ0) is 11.5. The number of hydrogen-bond donors (Lipinski definition) is 2. The van der Waals surface area contributed by atoms with Gasteiger partial charge in [-0.2, -0.15) is 0 Å². The van der Waals surface area contributed by atoms with Crippen molar-refractivity contribution < 1.29 is 15.0 Å². The summed E-state index contributed by atoms with van der Waals surface area (Å²) >= 11 is 0. The van der Waals surface area contributed by atoms with Crippen molar-refractivity contribution >= 4 is 5.97 Å². The summed E-state index contributed by atoms with van der Waals surface area (Å²) in [6, 6.07) is 5.21. The van der Waals surface area contributed by atoms with Crippen LogP contribution >= 0.6 is 0 Å². The van der Waals surface area contributed by atoms with Crippen molar-refractivity contribution in [3.05, 3.63) is 30.1 Å². The Bertz CT molecular complexity index is 260. The number of nitrogens with zero attached hydrogens (tertiary/aromatic N) is 1. The molecule has 1 aromatic heterocycles. The average molecular weight is 211 g/mol. The number of aliphatic hydroxyl groups excluding tert-OH is 1. The fourth-order valence-corrected chi connectivity index (χ4v) is 0.816. The molecule has 0 aliphatic carbocycles. The van der Waals surface area contributed by atoms with E-state index in [1.165, 1.54) is 0 Å². The lowest BCUT2D eigenvalue weighted by molar-refractivity contribution is -0.136. The van der Waals surface area contributed by atoms with E-state index in [1.54, 1.807) is 24.4 Å². The Morgan fingerprint density at radius 2 is 2.20 bits per heavy atom. The number of aliphatic carboxylic acids is 1. The molecule has 84 valence electrons. The van der Waals surface area contributed by atoms with E-state index in [0.29, 0.717) is 12.3 Å². The minimum Gasteiger partial charge on any atom is -0.481 e. The van der Waals surface area contributed by atoms with Crippen molar-refractivity contribution in [3.63, 3.8) is 0 Å². The topological polar surface area (TPSA) is 70.4 Å². The van der Waals surface area contributed by atoms with E-state index in [4.69, 9.17) is 10.2 Å². The lowest BCUT2D eigenvalue weighted by Gasteiger charge is -1.91. The Morgan fingerprint density at radius 1 is 1.47 bits per heavy atom. The molecule has 2 N–H and O–H groups in total. The third kappa shape index (κ3) is 8.90. The largest absolute Gasteiger partial charge is 0.481 e. The van der Waals surface area contributed by atoms with Gasteiger partial charge in [0, 0.05) is 12.8 Å². The second-order valence-electron chi connectivity index (χ2n) is 2.97. The fourth-order valence-electron chi connectivity index (χ4n) is 0.816. The maximum absolute atomic E-state index is 10.1. The number of carboxylic acid groups (broad SMARTS) is 1. The van der Waals surface area contributed by atoms with E-state index in [2.05, 4.69) is 11.9 Å². The van der Waals surface area contributed by atoms with Gasteiger partial charge < -0.3 is 10.2 Å². The summed E-state index contributed by atoms with van der Waals surface area (Å²) in [7, 11) is 0. The molecule has 0 saturated carbocycles. The van der Waals surface area contributed by atoms with E-state index < -0.39 is 5.97 Å². The molecule has 0 aromatic carbocycles. The van der Waals surface area contributed by atoms with Gasteiger partial charge in [-0.15, -0.1) is 0 Å². The van der Waals surface area contributed by atoms with Crippen LogP contribution in [0.1, 0.15) is 25.5 Å². The first-order valence-electron chi connectivity index (χ1n) is 4.93. The van der Waals surface area contributed by atoms with Crippen LogP contribution in [0.15, 0.2) is 24.4 Å². The van der Waals surface area contributed by atoms with E-state index in [1.807, 2.05) is 0 Å². The van der Waals surface area contributed by atoms with Gasteiger partial charge in [0.05, 0.1) is 12.1 Å². The molecular formula is C11H17NO3. The van der Waals surface area contributed by atoms with E-state index >= 15 is 0 Å². The van der Waals surface area contributed by atoms with Gasteiger partial charge in [0.1, 0.15) is 0 Å². The molecule has 0 unspecified atom stereocenters. The van der Waals surface area contributed by atoms with Crippen LogP contribution in [0.3, 0.4) is 0 Å². The smallest absolute Gasteiger partial charge is 0.309 e. The minimum absolute atomic E-state index is 0.000833. The highest BCUT2D eigenvalue weighted by Crippen LogP contribution is 1.93. The first kappa shape index (κ1) is 13.6. The number of hydrogen-bond acceptors (Lipinski definition) is 3. The monoisotopic (exact) mass is 211 g/mol. The molecule has 0 amide bonds. The van der Waals surface area contributed by atoms with Gasteiger partial charge in [0.2, 0.25) is 0 Å². The second kappa shape index (κ2) is 9.15. The number of aliphatic hydroxyl groups is 1. The summed E-state index contributed by atoms with van der Waals surface area (Å²) in [5, 5.41) is 16.4. The van der Waals surface area contributed by atoms with Gasteiger partial charge in [0.15, 0.2) is 0 Å². The quantitative estimate of drug-likeness (QED) is 0.791. The summed E-state index contributed by atoms with van der Waals surface area (Å²) in [6.07, 6.45) is 3.62. The average Bonchev–Trinajstić information content (AvgIpc) is 2.20. The number of aromatic nitrogens is 1. The molecular weight excluding hydrogens is 194 g/mol. The Morgan fingerprint density at radius 3 is 2.53 bits per heavy atom. The van der Waals surface area contributed by atoms with Crippen molar-refractivity contribution in [2.24, 2.45) is 0 Å². The Hall–Kier alpha value is -1.42. The third-order valence-corrected chi connectivity index (χ3v) is 1.57. The molecule has 0 aliphatic heterocycles. The zero-order valence-electron chi connectivity index (χ0n) is 8.89. The van der Waals surface area contributed by atoms with Crippen LogP contribution in [0.2, 0.25) is 0 Å². The predicted octanol–water partition coefficient (Wildman–Crippen LogP) is 1.49. The van der Waals surface area contributed by atoms with E-state index in [-0.39, 0.29) is 6.42 Å². The van der Waals surface area contributed by atoms with Crippen LogP contribution in [0.5, 0.6) is 0 Å². The van der Waals surface area contributed by atoms with Gasteiger partial charge in [-0.25, -0.2) is 0 Å². The minimum atomic E-state index is -0.848. The Kier molecular flexibility index (Phi) is 8.28. The molecule has 4 nitrogen and oxygen atoms in total. The van der Waals surface area contributed by atoms with Crippen molar-refractivity contribution in [1.29, 1.82) is 0 Å². The number of unbranched alkanes of at least 4 members (excludes halogenated alkanes) is 1. The molecule has 0 fully saturated rings. The van der Waals surface area contributed by atoms with Crippen LogP contribution < -0.4 is 0 Å². The molecule has 1 aromatic rings. The number of rotatable bonds is 4. The number of pyridine rings is 1. The molecule has 4 heteroatoms. The Balaban J connectivity index is 0.000000336. The van der Waals surface area contributed by atoms with Crippen molar-refractivity contribution in [2.75, 3.05) is 6.61 Å². The second-order valence-corrected chi connectivity index (χ2v) is 2.97. The normalized spacial score (nSPS) is 8.93. The van der Waals surface area contributed by atoms with Crippen LogP contribution in [-0.4, -0.2) is 27.8 Å². The zero-order valence-corrected chi connectivity index (χ0v) is 8.89.